The molecule has 1 aromatic carbocycles. The lowest BCUT2D eigenvalue weighted by Gasteiger charge is -2.56. The molecule has 5 fully saturated rings. The van der Waals surface area contributed by atoms with Crippen LogP contribution in [0.15, 0.2) is 24.3 Å². The Labute approximate surface area is 163 Å². The number of rotatable bonds is 4. The van der Waals surface area contributed by atoms with E-state index in [2.05, 4.69) is 9.64 Å². The number of nitrogens with zero attached hydrogens (tertiary/aromatic N) is 1. The molecule has 28 heavy (non-hydrogen) atoms. The highest BCUT2D eigenvalue weighted by Crippen LogP contribution is 2.55. The van der Waals surface area contributed by atoms with Crippen LogP contribution in [-0.2, 0) is 11.2 Å². The van der Waals surface area contributed by atoms with Crippen molar-refractivity contribution >= 4 is 5.91 Å². The summed E-state index contributed by atoms with van der Waals surface area (Å²) in [6.07, 6.45) is 3.10. The van der Waals surface area contributed by atoms with Crippen molar-refractivity contribution in [2.24, 2.45) is 29.6 Å². The molecule has 1 saturated heterocycles. The molecule has 1 aliphatic heterocycles. The van der Waals surface area contributed by atoms with Crippen LogP contribution in [0.3, 0.4) is 0 Å². The summed E-state index contributed by atoms with van der Waals surface area (Å²) in [6, 6.07) is 6.46. The minimum atomic E-state index is -4.70. The van der Waals surface area contributed by atoms with E-state index in [0.717, 1.165) is 30.4 Å². The van der Waals surface area contributed by atoms with Gasteiger partial charge >= 0.3 is 6.36 Å². The maximum absolute atomic E-state index is 13.2. The van der Waals surface area contributed by atoms with Crippen molar-refractivity contribution in [3.05, 3.63) is 29.8 Å². The van der Waals surface area contributed by atoms with Crippen molar-refractivity contribution in [2.45, 2.75) is 57.3 Å². The molecular weight excluding hydrogens is 367 g/mol. The van der Waals surface area contributed by atoms with Crippen LogP contribution in [-0.4, -0.2) is 29.8 Å². The Morgan fingerprint density at radius 3 is 2.36 bits per heavy atom. The van der Waals surface area contributed by atoms with Gasteiger partial charge in [-0.3, -0.25) is 4.79 Å². The molecule has 0 N–H and O–H groups in total. The molecule has 152 valence electrons. The Hall–Kier alpha value is -1.72. The highest BCUT2D eigenvalue weighted by atomic mass is 19.4. The van der Waals surface area contributed by atoms with E-state index in [1.165, 1.54) is 44.2 Å². The van der Waals surface area contributed by atoms with E-state index in [4.69, 9.17) is 0 Å². The van der Waals surface area contributed by atoms with Gasteiger partial charge in [0.15, 0.2) is 0 Å². The molecule has 1 unspecified atom stereocenters. The highest BCUT2D eigenvalue weighted by molar-refractivity contribution is 5.81. The summed E-state index contributed by atoms with van der Waals surface area (Å²) in [5.74, 6) is 2.96. The number of halogens is 3. The monoisotopic (exact) mass is 393 g/mol. The number of carbonyl (C=O) groups excluding carboxylic acids is 1. The highest BCUT2D eigenvalue weighted by Gasteiger charge is 2.52. The summed E-state index contributed by atoms with van der Waals surface area (Å²) in [4.78, 5) is 15.3. The molecule has 6 rings (SSSR count). The van der Waals surface area contributed by atoms with E-state index < -0.39 is 6.36 Å². The predicted octanol–water partition coefficient (Wildman–Crippen LogP) is 4.80. The molecule has 1 amide bonds. The zero-order valence-corrected chi connectivity index (χ0v) is 15.8. The molecule has 1 atom stereocenters. The lowest BCUT2D eigenvalue weighted by atomic mass is 9.54. The fourth-order valence-corrected chi connectivity index (χ4v) is 6.81. The fourth-order valence-electron chi connectivity index (χ4n) is 6.81. The molecule has 1 aromatic rings. The normalized spacial score (nSPS) is 37.0. The largest absolute Gasteiger partial charge is 0.573 e. The number of benzene rings is 1. The molecule has 1 heterocycles. The van der Waals surface area contributed by atoms with Crippen molar-refractivity contribution < 1.29 is 22.7 Å². The van der Waals surface area contributed by atoms with Gasteiger partial charge in [0.25, 0.3) is 0 Å². The molecule has 4 bridgehead atoms. The molecular formula is C22H26F3NO2. The van der Waals surface area contributed by atoms with Gasteiger partial charge in [0.05, 0.1) is 0 Å². The maximum Gasteiger partial charge on any atom is 0.573 e. The van der Waals surface area contributed by atoms with Gasteiger partial charge in [-0.15, -0.1) is 13.2 Å². The van der Waals surface area contributed by atoms with E-state index >= 15 is 0 Å². The standard InChI is InChI=1S/C22H26F3NO2/c23-22(24,25)28-19-3-1-2-13(12-19)7-16-4-5-26(21(16)27)20-17-8-14-6-15(10-17)11-18(20)9-14/h1-3,12,14-18,20H,4-11H2. The van der Waals surface area contributed by atoms with Crippen LogP contribution in [0.1, 0.15) is 44.1 Å². The van der Waals surface area contributed by atoms with Gasteiger partial charge in [-0.05, 0) is 86.3 Å². The van der Waals surface area contributed by atoms with Gasteiger partial charge in [0.1, 0.15) is 5.75 Å². The molecule has 4 saturated carbocycles. The van der Waals surface area contributed by atoms with E-state index in [9.17, 15) is 18.0 Å². The van der Waals surface area contributed by atoms with Crippen molar-refractivity contribution in [1.29, 1.82) is 0 Å². The third kappa shape index (κ3) is 3.39. The van der Waals surface area contributed by atoms with Crippen molar-refractivity contribution in [1.82, 2.24) is 4.90 Å². The lowest BCUT2D eigenvalue weighted by molar-refractivity contribution is -0.274. The van der Waals surface area contributed by atoms with Gasteiger partial charge in [-0.2, -0.15) is 0 Å². The minimum absolute atomic E-state index is 0.127. The number of ether oxygens (including phenoxy) is 1. The second kappa shape index (κ2) is 6.67. The zero-order chi connectivity index (χ0) is 19.5. The van der Waals surface area contributed by atoms with Gasteiger partial charge in [-0.25, -0.2) is 0 Å². The van der Waals surface area contributed by atoms with Crippen LogP contribution < -0.4 is 4.74 Å². The Bertz CT molecular complexity index is 734. The molecule has 0 radical (unpaired) electrons. The Balaban J connectivity index is 1.26. The zero-order valence-electron chi connectivity index (χ0n) is 15.8. The van der Waals surface area contributed by atoms with Crippen LogP contribution in [0.25, 0.3) is 0 Å². The number of hydrogen-bond donors (Lipinski definition) is 0. The third-order valence-corrected chi connectivity index (χ3v) is 7.50. The first kappa shape index (κ1) is 18.3. The lowest BCUT2D eigenvalue weighted by Crippen LogP contribution is -2.56. The summed E-state index contributed by atoms with van der Waals surface area (Å²) in [5.41, 5.74) is 0.729. The average molecular weight is 393 g/mol. The Kier molecular flexibility index (Phi) is 4.36. The summed E-state index contributed by atoms with van der Waals surface area (Å²) in [5, 5.41) is 0. The van der Waals surface area contributed by atoms with E-state index in [1.807, 2.05) is 0 Å². The van der Waals surface area contributed by atoms with Crippen LogP contribution in [0.4, 0.5) is 13.2 Å². The second-order valence-corrected chi connectivity index (χ2v) is 9.34. The first-order chi connectivity index (χ1) is 13.4. The van der Waals surface area contributed by atoms with Gasteiger partial charge < -0.3 is 9.64 Å². The number of alkyl halides is 3. The molecule has 0 spiro atoms. The van der Waals surface area contributed by atoms with Crippen molar-refractivity contribution in [3.8, 4) is 5.75 Å². The average Bonchev–Trinajstić information content (AvgIpc) is 2.94. The summed E-state index contributed by atoms with van der Waals surface area (Å²) in [7, 11) is 0. The number of carbonyl (C=O) groups is 1. The molecule has 4 aliphatic carbocycles. The Morgan fingerprint density at radius 1 is 1.04 bits per heavy atom. The minimum Gasteiger partial charge on any atom is -0.406 e. The Morgan fingerprint density at radius 2 is 1.71 bits per heavy atom. The summed E-state index contributed by atoms with van der Waals surface area (Å²) in [6.45, 7) is 0.801. The van der Waals surface area contributed by atoms with Crippen LogP contribution >= 0.6 is 0 Å². The molecule has 3 nitrogen and oxygen atoms in total. The van der Waals surface area contributed by atoms with Crippen LogP contribution in [0.5, 0.6) is 5.75 Å². The summed E-state index contributed by atoms with van der Waals surface area (Å²) >= 11 is 0. The van der Waals surface area contributed by atoms with Crippen molar-refractivity contribution in [2.75, 3.05) is 6.54 Å². The topological polar surface area (TPSA) is 29.5 Å². The van der Waals surface area contributed by atoms with Gasteiger partial charge in [0.2, 0.25) is 5.91 Å². The molecule has 0 aromatic heterocycles. The quantitative estimate of drug-likeness (QED) is 0.735. The van der Waals surface area contributed by atoms with Crippen LogP contribution in [0.2, 0.25) is 0 Å². The van der Waals surface area contributed by atoms with E-state index in [0.29, 0.717) is 24.3 Å². The maximum atomic E-state index is 13.2. The number of hydrogen-bond acceptors (Lipinski definition) is 2. The van der Waals surface area contributed by atoms with E-state index in [-0.39, 0.29) is 17.6 Å². The number of amides is 1. The molecule has 6 heteroatoms. The first-order valence-corrected chi connectivity index (χ1v) is 10.5. The van der Waals surface area contributed by atoms with E-state index in [1.54, 1.807) is 12.1 Å². The number of likely N-dealkylation sites (tertiary alicyclic amines) is 1. The smallest absolute Gasteiger partial charge is 0.406 e. The first-order valence-electron chi connectivity index (χ1n) is 10.5. The third-order valence-electron chi connectivity index (χ3n) is 7.50. The van der Waals surface area contributed by atoms with Crippen LogP contribution in [0, 0.1) is 29.6 Å². The SMILES string of the molecule is O=C1C(Cc2cccc(OC(F)(F)F)c2)CCN1C1C2CC3CC(C2)CC1C3. The van der Waals surface area contributed by atoms with Crippen molar-refractivity contribution in [3.63, 3.8) is 0 Å². The predicted molar refractivity (Wildman–Crippen MR) is 97.5 cm³/mol. The molecule has 5 aliphatic rings. The van der Waals surface area contributed by atoms with Gasteiger partial charge in [0, 0.05) is 18.5 Å². The fraction of sp³-hybridized carbons (Fsp3) is 0.682. The van der Waals surface area contributed by atoms with Gasteiger partial charge in [-0.1, -0.05) is 12.1 Å². The second-order valence-electron chi connectivity index (χ2n) is 9.34. The summed E-state index contributed by atoms with van der Waals surface area (Å²) < 4.78 is 41.4.